The first-order valence-corrected chi connectivity index (χ1v) is 9.53. The van der Waals surface area contributed by atoms with E-state index in [0.29, 0.717) is 11.4 Å². The van der Waals surface area contributed by atoms with Gasteiger partial charge in [0.15, 0.2) is 0 Å². The lowest BCUT2D eigenvalue weighted by Crippen LogP contribution is -2.18. The van der Waals surface area contributed by atoms with Gasteiger partial charge in [-0.1, -0.05) is 6.07 Å². The van der Waals surface area contributed by atoms with Crippen LogP contribution < -0.4 is 9.46 Å². The van der Waals surface area contributed by atoms with E-state index in [4.69, 9.17) is 4.74 Å². The Morgan fingerprint density at radius 1 is 1.14 bits per heavy atom. The van der Waals surface area contributed by atoms with Crippen molar-refractivity contribution in [1.82, 2.24) is 14.7 Å². The Balaban J connectivity index is 2.08. The van der Waals surface area contributed by atoms with Gasteiger partial charge in [0.2, 0.25) is 10.0 Å². The summed E-state index contributed by atoms with van der Waals surface area (Å²) in [6.45, 7) is 1.76. The molecule has 0 amide bonds. The molecule has 0 spiro atoms. The Morgan fingerprint density at radius 3 is 2.50 bits per heavy atom. The van der Waals surface area contributed by atoms with E-state index >= 15 is 0 Å². The standard InChI is InChI=1S/C18H16F3N3O3S/c1-11-10-23-17(24-11)15-9-14(28(25,26)22-2)6-7-16(15)27-13-5-3-4-12(8-13)18(19,20)21/h3-10,22H,1-2H3,(H,23,24). The number of hydrogen-bond acceptors (Lipinski definition) is 4. The van der Waals surface area contributed by atoms with Crippen LogP contribution in [0.4, 0.5) is 13.2 Å². The number of halogens is 3. The van der Waals surface area contributed by atoms with Crippen molar-refractivity contribution >= 4 is 10.0 Å². The maximum atomic E-state index is 12.9. The smallest absolute Gasteiger partial charge is 0.416 e. The molecular formula is C18H16F3N3O3S. The minimum Gasteiger partial charge on any atom is -0.457 e. The van der Waals surface area contributed by atoms with Crippen molar-refractivity contribution in [2.45, 2.75) is 18.0 Å². The molecule has 6 nitrogen and oxygen atoms in total. The van der Waals surface area contributed by atoms with Crippen LogP contribution in [-0.2, 0) is 16.2 Å². The number of rotatable bonds is 5. The van der Waals surface area contributed by atoms with E-state index in [2.05, 4.69) is 14.7 Å². The van der Waals surface area contributed by atoms with Crippen LogP contribution in [0.1, 0.15) is 11.3 Å². The molecule has 2 N–H and O–H groups in total. The van der Waals surface area contributed by atoms with Gasteiger partial charge < -0.3 is 9.72 Å². The van der Waals surface area contributed by atoms with Gasteiger partial charge in [-0.25, -0.2) is 18.1 Å². The maximum Gasteiger partial charge on any atom is 0.416 e. The summed E-state index contributed by atoms with van der Waals surface area (Å²) < 4.78 is 70.9. The SMILES string of the molecule is CNS(=O)(=O)c1ccc(Oc2cccc(C(F)(F)F)c2)c(-c2ncc(C)[nH]2)c1. The normalized spacial score (nSPS) is 12.2. The van der Waals surface area contributed by atoms with Crippen LogP contribution in [0.25, 0.3) is 11.4 Å². The van der Waals surface area contributed by atoms with Gasteiger partial charge in [-0.3, -0.25) is 0 Å². The molecule has 3 rings (SSSR count). The van der Waals surface area contributed by atoms with Crippen molar-refractivity contribution in [3.05, 3.63) is 59.9 Å². The number of aryl methyl sites for hydroxylation is 1. The predicted molar refractivity (Wildman–Crippen MR) is 96.5 cm³/mol. The lowest BCUT2D eigenvalue weighted by atomic mass is 10.1. The Bertz CT molecular complexity index is 1110. The van der Waals surface area contributed by atoms with E-state index in [1.807, 2.05) is 0 Å². The lowest BCUT2D eigenvalue weighted by molar-refractivity contribution is -0.137. The molecule has 3 aromatic rings. The number of aromatic nitrogens is 2. The molecule has 0 aliphatic carbocycles. The molecule has 0 aliphatic heterocycles. The van der Waals surface area contributed by atoms with Gasteiger partial charge in [-0.15, -0.1) is 0 Å². The van der Waals surface area contributed by atoms with Gasteiger partial charge in [0.05, 0.1) is 16.0 Å². The summed E-state index contributed by atoms with van der Waals surface area (Å²) in [5.41, 5.74) is 0.165. The minimum atomic E-state index is -4.51. The number of imidazole rings is 1. The average Bonchev–Trinajstić information content (AvgIpc) is 3.07. The number of aromatic amines is 1. The monoisotopic (exact) mass is 411 g/mol. The van der Waals surface area contributed by atoms with E-state index < -0.39 is 21.8 Å². The van der Waals surface area contributed by atoms with Crippen LogP contribution in [0.2, 0.25) is 0 Å². The number of ether oxygens (including phenoxy) is 1. The summed E-state index contributed by atoms with van der Waals surface area (Å²) in [5.74, 6) is 0.444. The van der Waals surface area contributed by atoms with Gasteiger partial charge in [0.1, 0.15) is 17.3 Å². The second-order valence-electron chi connectivity index (χ2n) is 5.91. The minimum absolute atomic E-state index is 0.0320. The van der Waals surface area contributed by atoms with Crippen LogP contribution in [-0.4, -0.2) is 25.4 Å². The second kappa shape index (κ2) is 7.28. The summed E-state index contributed by atoms with van der Waals surface area (Å²) in [5, 5.41) is 0. The third-order valence-electron chi connectivity index (χ3n) is 3.88. The highest BCUT2D eigenvalue weighted by atomic mass is 32.2. The third-order valence-corrected chi connectivity index (χ3v) is 5.29. The van der Waals surface area contributed by atoms with E-state index in [0.717, 1.165) is 17.8 Å². The highest BCUT2D eigenvalue weighted by Gasteiger charge is 2.30. The molecule has 0 aliphatic rings. The van der Waals surface area contributed by atoms with Crippen molar-refractivity contribution in [2.24, 2.45) is 0 Å². The van der Waals surface area contributed by atoms with Gasteiger partial charge >= 0.3 is 6.18 Å². The summed E-state index contributed by atoms with van der Waals surface area (Å²) in [7, 11) is -2.46. The lowest BCUT2D eigenvalue weighted by Gasteiger charge is -2.13. The maximum absolute atomic E-state index is 12.9. The summed E-state index contributed by atoms with van der Waals surface area (Å²) in [4.78, 5) is 7.10. The first-order valence-electron chi connectivity index (χ1n) is 8.05. The summed E-state index contributed by atoms with van der Waals surface area (Å²) >= 11 is 0. The molecule has 0 fully saturated rings. The molecule has 0 bridgehead atoms. The molecule has 0 atom stereocenters. The quantitative estimate of drug-likeness (QED) is 0.662. The molecule has 1 aromatic heterocycles. The van der Waals surface area contributed by atoms with Crippen LogP contribution in [0.5, 0.6) is 11.5 Å². The fourth-order valence-electron chi connectivity index (χ4n) is 2.48. The first kappa shape index (κ1) is 19.9. The largest absolute Gasteiger partial charge is 0.457 e. The number of nitrogens with zero attached hydrogens (tertiary/aromatic N) is 1. The first-order chi connectivity index (χ1) is 13.1. The van der Waals surface area contributed by atoms with Crippen LogP contribution in [0.3, 0.4) is 0 Å². The van der Waals surface area contributed by atoms with Crippen LogP contribution in [0.15, 0.2) is 53.6 Å². The zero-order chi connectivity index (χ0) is 20.5. The Hall–Kier alpha value is -2.85. The summed E-state index contributed by atoms with van der Waals surface area (Å²) in [6.07, 6.45) is -2.96. The summed E-state index contributed by atoms with van der Waals surface area (Å²) in [6, 6.07) is 8.43. The van der Waals surface area contributed by atoms with Gasteiger partial charge in [-0.05, 0) is 50.4 Å². The molecule has 0 unspecified atom stereocenters. The number of sulfonamides is 1. The van der Waals surface area contributed by atoms with E-state index in [1.165, 1.54) is 37.4 Å². The molecular weight excluding hydrogens is 395 g/mol. The number of hydrogen-bond donors (Lipinski definition) is 2. The number of nitrogens with one attached hydrogen (secondary N) is 2. The average molecular weight is 411 g/mol. The molecule has 2 aromatic carbocycles. The molecule has 28 heavy (non-hydrogen) atoms. The number of benzene rings is 2. The molecule has 0 saturated heterocycles. The van der Waals surface area contributed by atoms with E-state index in [-0.39, 0.29) is 16.4 Å². The van der Waals surface area contributed by atoms with Crippen molar-refractivity contribution < 1.29 is 26.3 Å². The van der Waals surface area contributed by atoms with Crippen molar-refractivity contribution in [3.63, 3.8) is 0 Å². The zero-order valence-corrected chi connectivity index (χ0v) is 15.6. The molecule has 0 saturated carbocycles. The topological polar surface area (TPSA) is 84.1 Å². The fourth-order valence-corrected chi connectivity index (χ4v) is 3.24. The van der Waals surface area contributed by atoms with Gasteiger partial charge in [0, 0.05) is 11.9 Å². The van der Waals surface area contributed by atoms with Crippen molar-refractivity contribution in [3.8, 4) is 22.9 Å². The Kier molecular flexibility index (Phi) is 5.18. The van der Waals surface area contributed by atoms with Gasteiger partial charge in [0.25, 0.3) is 0 Å². The Labute approximate surface area is 159 Å². The second-order valence-corrected chi connectivity index (χ2v) is 7.79. The van der Waals surface area contributed by atoms with Crippen molar-refractivity contribution in [2.75, 3.05) is 7.05 Å². The Morgan fingerprint density at radius 2 is 1.89 bits per heavy atom. The fraction of sp³-hybridized carbons (Fsp3) is 0.167. The highest BCUT2D eigenvalue weighted by Crippen LogP contribution is 2.36. The number of alkyl halides is 3. The predicted octanol–water partition coefficient (Wildman–Crippen LogP) is 4.10. The molecule has 148 valence electrons. The zero-order valence-electron chi connectivity index (χ0n) is 14.8. The van der Waals surface area contributed by atoms with E-state index in [1.54, 1.807) is 13.1 Å². The van der Waals surface area contributed by atoms with Gasteiger partial charge in [-0.2, -0.15) is 13.2 Å². The van der Waals surface area contributed by atoms with E-state index in [9.17, 15) is 21.6 Å². The van der Waals surface area contributed by atoms with Crippen molar-refractivity contribution in [1.29, 1.82) is 0 Å². The molecule has 1 heterocycles. The molecule has 10 heteroatoms. The highest BCUT2D eigenvalue weighted by molar-refractivity contribution is 7.89. The third kappa shape index (κ3) is 4.18. The van der Waals surface area contributed by atoms with Crippen LogP contribution >= 0.6 is 0 Å². The van der Waals surface area contributed by atoms with Crippen LogP contribution in [0, 0.1) is 6.92 Å². The molecule has 0 radical (unpaired) electrons. The number of H-pyrrole nitrogens is 1.